The second kappa shape index (κ2) is 6.33. The Morgan fingerprint density at radius 3 is 2.24 bits per heavy atom. The molecule has 0 aliphatic rings. The van der Waals surface area contributed by atoms with Crippen LogP contribution in [0.5, 0.6) is 0 Å². The molecule has 0 heterocycles. The summed E-state index contributed by atoms with van der Waals surface area (Å²) in [6.07, 6.45) is 1.06. The van der Waals surface area contributed by atoms with E-state index in [1.807, 2.05) is 0 Å². The number of amides is 1. The maximum absolute atomic E-state index is 11.9. The predicted molar refractivity (Wildman–Crippen MR) is 81.0 cm³/mol. The molecule has 0 aliphatic carbocycles. The van der Waals surface area contributed by atoms with E-state index in [-0.39, 0.29) is 22.8 Å². The van der Waals surface area contributed by atoms with Crippen LogP contribution < -0.4 is 5.32 Å². The van der Waals surface area contributed by atoms with Gasteiger partial charge in [-0.25, -0.2) is 16.8 Å². The van der Waals surface area contributed by atoms with E-state index in [1.165, 1.54) is 12.1 Å². The smallest absolute Gasteiger partial charge is 0.261 e. The van der Waals surface area contributed by atoms with E-state index < -0.39 is 24.8 Å². The Labute approximate surface area is 128 Å². The second-order valence-electron chi connectivity index (χ2n) is 4.74. The van der Waals surface area contributed by atoms with Crippen molar-refractivity contribution in [3.63, 3.8) is 0 Å². The normalized spacial score (nSPS) is 12.2. The fourth-order valence-corrected chi connectivity index (χ4v) is 3.41. The molecule has 1 N–H and O–H groups in total. The van der Waals surface area contributed by atoms with Gasteiger partial charge in [-0.3, -0.25) is 4.79 Å². The Bertz CT molecular complexity index is 769. The lowest BCUT2D eigenvalue weighted by Crippen LogP contribution is -2.29. The summed E-state index contributed by atoms with van der Waals surface area (Å²) >= 11 is 0. The number of hydrogen-bond donors (Lipinski definition) is 1. The molecule has 0 radical (unpaired) electrons. The third-order valence-electron chi connectivity index (χ3n) is 2.90. The highest BCUT2D eigenvalue weighted by molar-refractivity contribution is 8.13. The van der Waals surface area contributed by atoms with E-state index in [0.717, 1.165) is 6.26 Å². The van der Waals surface area contributed by atoms with Crippen molar-refractivity contribution >= 4 is 35.5 Å². The van der Waals surface area contributed by atoms with Gasteiger partial charge >= 0.3 is 0 Å². The van der Waals surface area contributed by atoms with E-state index in [0.29, 0.717) is 11.1 Å². The molecule has 21 heavy (non-hydrogen) atoms. The summed E-state index contributed by atoms with van der Waals surface area (Å²) in [4.78, 5) is 11.8. The topological polar surface area (TPSA) is 97.4 Å². The van der Waals surface area contributed by atoms with Gasteiger partial charge in [0, 0.05) is 29.0 Å². The predicted octanol–water partition coefficient (Wildman–Crippen LogP) is 1.01. The summed E-state index contributed by atoms with van der Waals surface area (Å²) in [5.41, 5.74) is 1.19. The number of rotatable bonds is 5. The number of sulfone groups is 1. The van der Waals surface area contributed by atoms with Gasteiger partial charge in [-0.15, -0.1) is 0 Å². The number of aryl methyl sites for hydroxylation is 1. The van der Waals surface area contributed by atoms with Crippen LogP contribution >= 0.6 is 10.7 Å². The monoisotopic (exact) mass is 353 g/mol. The first-order valence-corrected chi connectivity index (χ1v) is 10.3. The van der Waals surface area contributed by atoms with Crippen molar-refractivity contribution in [2.24, 2.45) is 0 Å². The standard InChI is InChI=1S/C12H16ClNO5S2/c1-8-6-10(7-11(9(8)2)21(13,18)19)12(15)14-4-5-20(3,16)17/h6-7H,4-5H2,1-3H3,(H,14,15). The van der Waals surface area contributed by atoms with Gasteiger partial charge in [-0.05, 0) is 37.1 Å². The number of nitrogens with one attached hydrogen (secondary N) is 1. The molecule has 0 aromatic heterocycles. The van der Waals surface area contributed by atoms with Crippen molar-refractivity contribution in [1.82, 2.24) is 5.32 Å². The zero-order chi connectivity index (χ0) is 16.4. The van der Waals surface area contributed by atoms with E-state index >= 15 is 0 Å². The zero-order valence-corrected chi connectivity index (χ0v) is 14.2. The molecule has 6 nitrogen and oxygen atoms in total. The van der Waals surface area contributed by atoms with Gasteiger partial charge in [0.15, 0.2) is 0 Å². The summed E-state index contributed by atoms with van der Waals surface area (Å²) in [6.45, 7) is 3.21. The molecule has 1 aromatic rings. The maximum atomic E-state index is 11.9. The molecule has 118 valence electrons. The van der Waals surface area contributed by atoms with Gasteiger partial charge in [-0.2, -0.15) is 0 Å². The van der Waals surface area contributed by atoms with Crippen LogP contribution in [0.4, 0.5) is 0 Å². The average molecular weight is 354 g/mol. The van der Waals surface area contributed by atoms with Gasteiger partial charge in [0.25, 0.3) is 15.0 Å². The minimum atomic E-state index is -3.96. The lowest BCUT2D eigenvalue weighted by atomic mass is 10.1. The van der Waals surface area contributed by atoms with Gasteiger partial charge in [0.2, 0.25) is 0 Å². The summed E-state index contributed by atoms with van der Waals surface area (Å²) in [5.74, 6) is -0.743. The van der Waals surface area contributed by atoms with Crippen molar-refractivity contribution in [2.45, 2.75) is 18.7 Å². The first kappa shape index (κ1) is 17.9. The molecular weight excluding hydrogens is 338 g/mol. The molecular formula is C12H16ClNO5S2. The van der Waals surface area contributed by atoms with Crippen molar-refractivity contribution in [2.75, 3.05) is 18.6 Å². The summed E-state index contributed by atoms with van der Waals surface area (Å²) in [6, 6.07) is 2.71. The molecule has 0 spiro atoms. The third kappa shape index (κ3) is 5.29. The molecule has 1 amide bonds. The highest BCUT2D eigenvalue weighted by atomic mass is 35.7. The molecule has 1 aromatic carbocycles. The minimum Gasteiger partial charge on any atom is -0.351 e. The minimum absolute atomic E-state index is 0.0481. The number of halogens is 1. The number of benzene rings is 1. The highest BCUT2D eigenvalue weighted by Gasteiger charge is 2.18. The number of carbonyl (C=O) groups excluding carboxylic acids is 1. The first-order valence-electron chi connectivity index (χ1n) is 5.93. The molecule has 0 unspecified atom stereocenters. The van der Waals surface area contributed by atoms with E-state index in [4.69, 9.17) is 10.7 Å². The number of hydrogen-bond acceptors (Lipinski definition) is 5. The van der Waals surface area contributed by atoms with Crippen LogP contribution in [-0.4, -0.2) is 41.3 Å². The lowest BCUT2D eigenvalue weighted by Gasteiger charge is -2.10. The summed E-state index contributed by atoms with van der Waals surface area (Å²) in [5, 5.41) is 2.42. The second-order valence-corrected chi connectivity index (χ2v) is 9.53. The Hall–Kier alpha value is -1.12. The largest absolute Gasteiger partial charge is 0.351 e. The fourth-order valence-electron chi connectivity index (χ4n) is 1.66. The van der Waals surface area contributed by atoms with Gasteiger partial charge < -0.3 is 5.32 Å². The molecule has 0 aliphatic heterocycles. The zero-order valence-electron chi connectivity index (χ0n) is 11.8. The van der Waals surface area contributed by atoms with E-state index in [9.17, 15) is 21.6 Å². The van der Waals surface area contributed by atoms with E-state index in [1.54, 1.807) is 13.8 Å². The van der Waals surface area contributed by atoms with Crippen molar-refractivity contribution in [1.29, 1.82) is 0 Å². The maximum Gasteiger partial charge on any atom is 0.261 e. The van der Waals surface area contributed by atoms with Crippen LogP contribution in [0, 0.1) is 13.8 Å². The first-order chi connectivity index (χ1) is 9.42. The highest BCUT2D eigenvalue weighted by Crippen LogP contribution is 2.24. The Morgan fingerprint density at radius 1 is 1.19 bits per heavy atom. The SMILES string of the molecule is Cc1cc(C(=O)NCCS(C)(=O)=O)cc(S(=O)(=O)Cl)c1C. The Morgan fingerprint density at radius 2 is 1.76 bits per heavy atom. The van der Waals surface area contributed by atoms with Gasteiger partial charge in [0.1, 0.15) is 9.84 Å². The quantitative estimate of drug-likeness (QED) is 0.796. The molecule has 9 heteroatoms. The molecule has 0 bridgehead atoms. The van der Waals surface area contributed by atoms with Crippen LogP contribution in [0.3, 0.4) is 0 Å². The van der Waals surface area contributed by atoms with Crippen molar-refractivity contribution in [3.8, 4) is 0 Å². The average Bonchev–Trinajstić information content (AvgIpc) is 2.29. The number of carbonyl (C=O) groups is 1. The van der Waals surface area contributed by atoms with Crippen molar-refractivity contribution in [3.05, 3.63) is 28.8 Å². The molecule has 0 fully saturated rings. The van der Waals surface area contributed by atoms with Gasteiger partial charge in [0.05, 0.1) is 10.6 Å². The van der Waals surface area contributed by atoms with Crippen LogP contribution in [-0.2, 0) is 18.9 Å². The third-order valence-corrected chi connectivity index (χ3v) is 5.30. The summed E-state index contributed by atoms with van der Waals surface area (Å²) < 4.78 is 44.9. The Balaban J connectivity index is 3.04. The van der Waals surface area contributed by atoms with Crippen molar-refractivity contribution < 1.29 is 21.6 Å². The van der Waals surface area contributed by atoms with Gasteiger partial charge in [-0.1, -0.05) is 0 Å². The van der Waals surface area contributed by atoms with Crippen LogP contribution in [0.1, 0.15) is 21.5 Å². The summed E-state index contributed by atoms with van der Waals surface area (Å²) in [7, 11) is -1.80. The lowest BCUT2D eigenvalue weighted by molar-refractivity contribution is 0.0956. The van der Waals surface area contributed by atoms with Crippen LogP contribution in [0.15, 0.2) is 17.0 Å². The van der Waals surface area contributed by atoms with Crippen LogP contribution in [0.25, 0.3) is 0 Å². The molecule has 0 saturated carbocycles. The van der Waals surface area contributed by atoms with Crippen LogP contribution in [0.2, 0.25) is 0 Å². The molecule has 0 saturated heterocycles. The molecule has 0 atom stereocenters. The fraction of sp³-hybridized carbons (Fsp3) is 0.417. The molecule has 1 rings (SSSR count). The van der Waals surface area contributed by atoms with E-state index in [2.05, 4.69) is 5.32 Å². The Kier molecular flexibility index (Phi) is 5.40.